The number of anilines is 1. The monoisotopic (exact) mass is 353 g/mol. The summed E-state index contributed by atoms with van der Waals surface area (Å²) in [7, 11) is 0. The molecule has 3 atom stereocenters. The third-order valence-electron chi connectivity index (χ3n) is 5.09. The number of fused-ring (bicyclic) bond motifs is 3. The van der Waals surface area contributed by atoms with E-state index in [-0.39, 0.29) is 0 Å². The number of hydrogen-bond donors (Lipinski definition) is 1. The lowest BCUT2D eigenvalue weighted by Gasteiger charge is -2.38. The van der Waals surface area contributed by atoms with Crippen molar-refractivity contribution >= 4 is 21.6 Å². The summed E-state index contributed by atoms with van der Waals surface area (Å²) in [4.78, 5) is 0. The lowest BCUT2D eigenvalue weighted by molar-refractivity contribution is 0.425. The first-order valence-electron chi connectivity index (χ1n) is 8.08. The van der Waals surface area contributed by atoms with Gasteiger partial charge >= 0.3 is 0 Å². The summed E-state index contributed by atoms with van der Waals surface area (Å²) in [6, 6.07) is 15.9. The van der Waals surface area contributed by atoms with E-state index in [1.165, 1.54) is 22.4 Å². The lowest BCUT2D eigenvalue weighted by Crippen LogP contribution is -2.29. The number of allylic oxidation sites excluding steroid dienone is 2. The summed E-state index contributed by atoms with van der Waals surface area (Å²) >= 11 is 3.54. The van der Waals surface area contributed by atoms with Gasteiger partial charge in [-0.2, -0.15) is 0 Å². The Hall–Kier alpha value is -1.54. The molecule has 0 amide bonds. The zero-order valence-corrected chi connectivity index (χ0v) is 14.3. The van der Waals surface area contributed by atoms with Gasteiger partial charge in [0, 0.05) is 16.1 Å². The van der Waals surface area contributed by atoms with E-state index in [0.29, 0.717) is 17.9 Å². The van der Waals surface area contributed by atoms with Crippen molar-refractivity contribution in [2.45, 2.75) is 31.7 Å². The van der Waals surface area contributed by atoms with E-state index in [2.05, 4.69) is 82.8 Å². The topological polar surface area (TPSA) is 12.0 Å². The molecule has 1 aliphatic carbocycles. The predicted octanol–water partition coefficient (Wildman–Crippen LogP) is 5.84. The number of nitrogens with one attached hydrogen (secondary N) is 1. The van der Waals surface area contributed by atoms with Gasteiger partial charge < -0.3 is 5.32 Å². The Kier molecular flexibility index (Phi) is 3.57. The third-order valence-corrected chi connectivity index (χ3v) is 5.62. The highest BCUT2D eigenvalue weighted by atomic mass is 79.9. The van der Waals surface area contributed by atoms with Crippen molar-refractivity contribution in [2.24, 2.45) is 5.92 Å². The molecule has 0 spiro atoms. The zero-order valence-electron chi connectivity index (χ0n) is 12.7. The highest BCUT2D eigenvalue weighted by molar-refractivity contribution is 9.10. The molecule has 1 N–H and O–H groups in total. The number of hydrogen-bond acceptors (Lipinski definition) is 1. The fraction of sp³-hybridized carbons (Fsp3) is 0.300. The van der Waals surface area contributed by atoms with Gasteiger partial charge in [0.05, 0.1) is 6.04 Å². The largest absolute Gasteiger partial charge is 0.377 e. The molecule has 0 fully saturated rings. The summed E-state index contributed by atoms with van der Waals surface area (Å²) in [5, 5.41) is 3.87. The maximum absolute atomic E-state index is 3.87. The Morgan fingerprint density at radius 1 is 1.14 bits per heavy atom. The van der Waals surface area contributed by atoms with E-state index >= 15 is 0 Å². The van der Waals surface area contributed by atoms with Crippen LogP contribution in [-0.2, 0) is 6.42 Å². The summed E-state index contributed by atoms with van der Waals surface area (Å²) in [6.45, 7) is 2.24. The second-order valence-electron chi connectivity index (χ2n) is 6.26. The van der Waals surface area contributed by atoms with Crippen LogP contribution < -0.4 is 5.32 Å². The molecule has 2 aromatic carbocycles. The molecule has 112 valence electrons. The molecule has 1 nitrogen and oxygen atoms in total. The Morgan fingerprint density at radius 2 is 1.95 bits per heavy atom. The first kappa shape index (κ1) is 14.1. The van der Waals surface area contributed by atoms with Crippen LogP contribution in [0.1, 0.15) is 42.0 Å². The Labute approximate surface area is 140 Å². The van der Waals surface area contributed by atoms with E-state index in [9.17, 15) is 0 Å². The predicted molar refractivity (Wildman–Crippen MR) is 96.3 cm³/mol. The lowest BCUT2D eigenvalue weighted by atomic mass is 9.76. The molecule has 2 aliphatic rings. The van der Waals surface area contributed by atoms with Crippen LogP contribution in [0.15, 0.2) is 59.1 Å². The van der Waals surface area contributed by atoms with Crippen LogP contribution in [0.25, 0.3) is 0 Å². The SMILES string of the molecule is CCc1cccc2c1N[C@@H](c1ccc(Br)cc1)[C@H]1CC=C[C@@H]21. The molecule has 22 heavy (non-hydrogen) atoms. The maximum Gasteiger partial charge on any atom is 0.0554 e. The number of rotatable bonds is 2. The summed E-state index contributed by atoms with van der Waals surface area (Å²) in [6.07, 6.45) is 7.00. The van der Waals surface area contributed by atoms with E-state index in [1.807, 2.05) is 0 Å². The maximum atomic E-state index is 3.87. The fourth-order valence-corrected chi connectivity index (χ4v) is 4.25. The Morgan fingerprint density at radius 3 is 2.73 bits per heavy atom. The quantitative estimate of drug-likeness (QED) is 0.668. The molecule has 2 heteroatoms. The second kappa shape index (κ2) is 5.58. The molecular weight excluding hydrogens is 334 g/mol. The highest BCUT2D eigenvalue weighted by Gasteiger charge is 2.38. The Bertz CT molecular complexity index is 717. The van der Waals surface area contributed by atoms with Crippen molar-refractivity contribution in [3.8, 4) is 0 Å². The minimum atomic E-state index is 0.397. The molecule has 0 saturated carbocycles. The van der Waals surface area contributed by atoms with E-state index in [4.69, 9.17) is 0 Å². The van der Waals surface area contributed by atoms with Gasteiger partial charge in [0.25, 0.3) is 0 Å². The molecule has 0 saturated heterocycles. The molecule has 0 aromatic heterocycles. The van der Waals surface area contributed by atoms with Crippen LogP contribution in [0.5, 0.6) is 0 Å². The Balaban J connectivity index is 1.81. The molecule has 1 heterocycles. The third kappa shape index (κ3) is 2.21. The van der Waals surface area contributed by atoms with Crippen LogP contribution in [-0.4, -0.2) is 0 Å². The van der Waals surface area contributed by atoms with Crippen molar-refractivity contribution < 1.29 is 0 Å². The molecule has 2 aromatic rings. The van der Waals surface area contributed by atoms with Crippen LogP contribution >= 0.6 is 15.9 Å². The van der Waals surface area contributed by atoms with Crippen molar-refractivity contribution in [3.05, 3.63) is 75.8 Å². The molecule has 0 unspecified atom stereocenters. The van der Waals surface area contributed by atoms with Crippen molar-refractivity contribution in [1.29, 1.82) is 0 Å². The smallest absolute Gasteiger partial charge is 0.0554 e. The van der Waals surface area contributed by atoms with Crippen LogP contribution in [0.2, 0.25) is 0 Å². The summed E-state index contributed by atoms with van der Waals surface area (Å²) < 4.78 is 1.14. The number of aryl methyl sites for hydroxylation is 1. The van der Waals surface area contributed by atoms with Crippen LogP contribution in [0, 0.1) is 5.92 Å². The molecule has 1 aliphatic heterocycles. The van der Waals surface area contributed by atoms with Crippen LogP contribution in [0.3, 0.4) is 0 Å². The molecule has 4 rings (SSSR count). The average molecular weight is 354 g/mol. The second-order valence-corrected chi connectivity index (χ2v) is 7.18. The summed E-state index contributed by atoms with van der Waals surface area (Å²) in [5.41, 5.74) is 5.66. The van der Waals surface area contributed by atoms with E-state index in [0.717, 1.165) is 17.3 Å². The zero-order chi connectivity index (χ0) is 15.1. The fourth-order valence-electron chi connectivity index (χ4n) is 3.98. The molecular formula is C20H20BrN. The van der Waals surface area contributed by atoms with Gasteiger partial charge in [-0.25, -0.2) is 0 Å². The van der Waals surface area contributed by atoms with Crippen molar-refractivity contribution in [3.63, 3.8) is 0 Å². The number of para-hydroxylation sites is 1. The summed E-state index contributed by atoms with van der Waals surface area (Å²) in [5.74, 6) is 1.18. The van der Waals surface area contributed by atoms with E-state index in [1.54, 1.807) is 0 Å². The first-order valence-corrected chi connectivity index (χ1v) is 8.87. The van der Waals surface area contributed by atoms with Gasteiger partial charge in [-0.05, 0) is 47.6 Å². The highest BCUT2D eigenvalue weighted by Crippen LogP contribution is 2.50. The normalized spacial score (nSPS) is 25.5. The minimum absolute atomic E-state index is 0.397. The molecule has 0 bridgehead atoms. The van der Waals surface area contributed by atoms with Crippen LogP contribution in [0.4, 0.5) is 5.69 Å². The van der Waals surface area contributed by atoms with Gasteiger partial charge in [-0.3, -0.25) is 0 Å². The van der Waals surface area contributed by atoms with Crippen molar-refractivity contribution in [1.82, 2.24) is 0 Å². The standard InChI is InChI=1S/C20H20BrN/c1-2-13-5-3-7-17-16-6-4-8-18(16)20(22-19(13)17)14-9-11-15(21)12-10-14/h3-7,9-12,16,18,20,22H,2,8H2,1H3/t16-,18-,20-/m0/s1. The van der Waals surface area contributed by atoms with Gasteiger partial charge in [-0.1, -0.05) is 65.3 Å². The van der Waals surface area contributed by atoms with Gasteiger partial charge in [0.2, 0.25) is 0 Å². The molecule has 0 radical (unpaired) electrons. The number of halogens is 1. The van der Waals surface area contributed by atoms with Crippen molar-refractivity contribution in [2.75, 3.05) is 5.32 Å². The average Bonchev–Trinajstić information content (AvgIpc) is 3.04. The van der Waals surface area contributed by atoms with Gasteiger partial charge in [0.15, 0.2) is 0 Å². The van der Waals surface area contributed by atoms with E-state index < -0.39 is 0 Å². The van der Waals surface area contributed by atoms with Gasteiger partial charge in [-0.15, -0.1) is 0 Å². The first-order chi connectivity index (χ1) is 10.8. The minimum Gasteiger partial charge on any atom is -0.377 e. The van der Waals surface area contributed by atoms with Gasteiger partial charge in [0.1, 0.15) is 0 Å². The number of benzene rings is 2.